The second kappa shape index (κ2) is 4.07. The van der Waals surface area contributed by atoms with E-state index in [9.17, 15) is 8.78 Å². The van der Waals surface area contributed by atoms with E-state index >= 15 is 0 Å². The summed E-state index contributed by atoms with van der Waals surface area (Å²) in [5.41, 5.74) is 6.11. The van der Waals surface area contributed by atoms with Crippen molar-refractivity contribution in [3.63, 3.8) is 0 Å². The molecule has 0 aliphatic rings. The van der Waals surface area contributed by atoms with E-state index in [-0.39, 0.29) is 11.1 Å². The molecular weight excluding hydrogens is 224 g/mol. The van der Waals surface area contributed by atoms with Gasteiger partial charge in [-0.1, -0.05) is 0 Å². The topological polar surface area (TPSA) is 54.7 Å². The summed E-state index contributed by atoms with van der Waals surface area (Å²) < 4.78 is 26.4. The first-order valence-corrected chi connectivity index (χ1v) is 5.48. The van der Waals surface area contributed by atoms with Gasteiger partial charge < -0.3 is 10.7 Å². The van der Waals surface area contributed by atoms with Crippen molar-refractivity contribution in [2.75, 3.05) is 0 Å². The predicted octanol–water partition coefficient (Wildman–Crippen LogP) is 2.51. The Morgan fingerprint density at radius 1 is 1.35 bits per heavy atom. The van der Waals surface area contributed by atoms with Crippen LogP contribution in [0.25, 0.3) is 11.0 Å². The van der Waals surface area contributed by atoms with Gasteiger partial charge in [0.25, 0.3) is 0 Å². The Kier molecular flexibility index (Phi) is 2.87. The van der Waals surface area contributed by atoms with Gasteiger partial charge in [-0.2, -0.15) is 0 Å². The fourth-order valence-corrected chi connectivity index (χ4v) is 1.65. The molecule has 1 aromatic carbocycles. The molecule has 0 aliphatic carbocycles. The van der Waals surface area contributed by atoms with E-state index in [2.05, 4.69) is 9.97 Å². The van der Waals surface area contributed by atoms with Gasteiger partial charge in [0.2, 0.25) is 0 Å². The van der Waals surface area contributed by atoms with Crippen LogP contribution in [0, 0.1) is 11.6 Å². The van der Waals surface area contributed by atoms with Crippen molar-refractivity contribution in [3.8, 4) is 0 Å². The number of hydrogen-bond donors (Lipinski definition) is 2. The monoisotopic (exact) mass is 239 g/mol. The van der Waals surface area contributed by atoms with Gasteiger partial charge in [0.05, 0.1) is 5.52 Å². The van der Waals surface area contributed by atoms with Crippen LogP contribution < -0.4 is 5.73 Å². The first kappa shape index (κ1) is 12.0. The summed E-state index contributed by atoms with van der Waals surface area (Å²) in [5, 5.41) is 0. The standard InChI is InChI=1S/C12H15F2N3/c1-12(2,15)4-3-10-16-9-6-7(13)5-8(14)11(9)17-10/h5-6H,3-4,15H2,1-2H3,(H,16,17). The van der Waals surface area contributed by atoms with E-state index in [0.29, 0.717) is 17.8 Å². The number of benzene rings is 1. The molecule has 17 heavy (non-hydrogen) atoms. The second-order valence-corrected chi connectivity index (χ2v) is 4.96. The van der Waals surface area contributed by atoms with Gasteiger partial charge in [-0.15, -0.1) is 0 Å². The van der Waals surface area contributed by atoms with Gasteiger partial charge in [0.15, 0.2) is 5.82 Å². The number of aromatic nitrogens is 2. The van der Waals surface area contributed by atoms with Gasteiger partial charge in [-0.25, -0.2) is 13.8 Å². The van der Waals surface area contributed by atoms with Crippen LogP contribution in [0.1, 0.15) is 26.1 Å². The third kappa shape index (κ3) is 2.79. The molecule has 0 aliphatic heterocycles. The number of fused-ring (bicyclic) bond motifs is 1. The quantitative estimate of drug-likeness (QED) is 0.864. The maximum Gasteiger partial charge on any atom is 0.153 e. The minimum atomic E-state index is -0.644. The van der Waals surface area contributed by atoms with E-state index in [1.54, 1.807) is 0 Å². The van der Waals surface area contributed by atoms with Crippen LogP contribution in [-0.2, 0) is 6.42 Å². The highest BCUT2D eigenvalue weighted by molar-refractivity contribution is 5.75. The number of nitrogens with two attached hydrogens (primary N) is 1. The summed E-state index contributed by atoms with van der Waals surface area (Å²) in [6, 6.07) is 2.07. The van der Waals surface area contributed by atoms with Crippen LogP contribution in [0.15, 0.2) is 12.1 Å². The fourth-order valence-electron chi connectivity index (χ4n) is 1.65. The first-order chi connectivity index (χ1) is 7.85. The number of rotatable bonds is 3. The Bertz CT molecular complexity index is 540. The van der Waals surface area contributed by atoms with Crippen LogP contribution >= 0.6 is 0 Å². The lowest BCUT2D eigenvalue weighted by atomic mass is 10.0. The zero-order valence-corrected chi connectivity index (χ0v) is 9.85. The van der Waals surface area contributed by atoms with Crippen molar-refractivity contribution >= 4 is 11.0 Å². The molecule has 0 amide bonds. The molecular formula is C12H15F2N3. The Morgan fingerprint density at radius 2 is 2.06 bits per heavy atom. The van der Waals surface area contributed by atoms with E-state index in [1.165, 1.54) is 6.07 Å². The van der Waals surface area contributed by atoms with E-state index in [1.807, 2.05) is 13.8 Å². The molecule has 3 nitrogen and oxygen atoms in total. The van der Waals surface area contributed by atoms with E-state index in [4.69, 9.17) is 5.73 Å². The Labute approximate surface area is 98.0 Å². The Balaban J connectivity index is 2.29. The Hall–Kier alpha value is -1.49. The molecule has 0 atom stereocenters. The van der Waals surface area contributed by atoms with Crippen molar-refractivity contribution < 1.29 is 8.78 Å². The number of halogens is 2. The number of aromatic amines is 1. The molecule has 1 aromatic heterocycles. The molecule has 0 saturated carbocycles. The lowest BCUT2D eigenvalue weighted by Gasteiger charge is -2.16. The second-order valence-electron chi connectivity index (χ2n) is 4.96. The van der Waals surface area contributed by atoms with Gasteiger partial charge in [-0.3, -0.25) is 0 Å². The van der Waals surface area contributed by atoms with Crippen molar-refractivity contribution in [2.45, 2.75) is 32.2 Å². The summed E-state index contributed by atoms with van der Waals surface area (Å²) in [5.74, 6) is -0.623. The van der Waals surface area contributed by atoms with Gasteiger partial charge in [-0.05, 0) is 26.3 Å². The number of nitrogens with zero attached hydrogens (tertiary/aromatic N) is 1. The molecule has 92 valence electrons. The number of H-pyrrole nitrogens is 1. The average molecular weight is 239 g/mol. The summed E-state index contributed by atoms with van der Waals surface area (Å²) in [6.07, 6.45) is 1.33. The number of nitrogens with one attached hydrogen (secondary N) is 1. The zero-order valence-electron chi connectivity index (χ0n) is 9.85. The molecule has 0 radical (unpaired) electrons. The average Bonchev–Trinajstić information content (AvgIpc) is 2.56. The van der Waals surface area contributed by atoms with Crippen molar-refractivity contribution in [1.82, 2.24) is 9.97 Å². The molecule has 2 rings (SSSR count). The van der Waals surface area contributed by atoms with Crippen LogP contribution in [-0.4, -0.2) is 15.5 Å². The summed E-state index contributed by atoms with van der Waals surface area (Å²) in [4.78, 5) is 7.01. The smallest absolute Gasteiger partial charge is 0.153 e. The fraction of sp³-hybridized carbons (Fsp3) is 0.417. The molecule has 1 heterocycles. The SMILES string of the molecule is CC(C)(N)CCc1nc2c(F)cc(F)cc2[nH]1. The maximum atomic E-state index is 13.4. The van der Waals surface area contributed by atoms with Crippen LogP contribution in [0.3, 0.4) is 0 Å². The normalized spacial score (nSPS) is 12.3. The van der Waals surface area contributed by atoms with Gasteiger partial charge in [0.1, 0.15) is 17.2 Å². The molecule has 0 bridgehead atoms. The van der Waals surface area contributed by atoms with Crippen molar-refractivity contribution in [2.24, 2.45) is 5.73 Å². The maximum absolute atomic E-state index is 13.4. The predicted molar refractivity (Wildman–Crippen MR) is 62.6 cm³/mol. The van der Waals surface area contributed by atoms with Gasteiger partial charge in [0, 0.05) is 18.0 Å². The summed E-state index contributed by atoms with van der Waals surface area (Å²) in [7, 11) is 0. The van der Waals surface area contributed by atoms with Gasteiger partial charge >= 0.3 is 0 Å². The highest BCUT2D eigenvalue weighted by atomic mass is 19.1. The molecule has 0 unspecified atom stereocenters. The Morgan fingerprint density at radius 3 is 2.71 bits per heavy atom. The summed E-state index contributed by atoms with van der Waals surface area (Å²) in [6.45, 7) is 3.83. The third-order valence-electron chi connectivity index (χ3n) is 2.56. The highest BCUT2D eigenvalue weighted by Crippen LogP contribution is 2.18. The molecule has 0 fully saturated rings. The molecule has 3 N–H and O–H groups in total. The first-order valence-electron chi connectivity index (χ1n) is 5.48. The highest BCUT2D eigenvalue weighted by Gasteiger charge is 2.14. The number of imidazole rings is 1. The lowest BCUT2D eigenvalue weighted by molar-refractivity contribution is 0.472. The molecule has 2 aromatic rings. The van der Waals surface area contributed by atoms with Crippen LogP contribution in [0.5, 0.6) is 0 Å². The molecule has 5 heteroatoms. The lowest BCUT2D eigenvalue weighted by Crippen LogP contribution is -2.32. The number of hydrogen-bond acceptors (Lipinski definition) is 2. The van der Waals surface area contributed by atoms with Crippen LogP contribution in [0.2, 0.25) is 0 Å². The number of aryl methyl sites for hydroxylation is 1. The zero-order chi connectivity index (χ0) is 12.6. The van der Waals surface area contributed by atoms with Crippen molar-refractivity contribution in [1.29, 1.82) is 0 Å². The van der Waals surface area contributed by atoms with Crippen LogP contribution in [0.4, 0.5) is 8.78 Å². The minimum Gasteiger partial charge on any atom is -0.342 e. The molecule has 0 saturated heterocycles. The van der Waals surface area contributed by atoms with E-state index in [0.717, 1.165) is 12.5 Å². The minimum absolute atomic E-state index is 0.177. The largest absolute Gasteiger partial charge is 0.342 e. The van der Waals surface area contributed by atoms with Crippen molar-refractivity contribution in [3.05, 3.63) is 29.6 Å². The molecule has 0 spiro atoms. The summed E-state index contributed by atoms with van der Waals surface area (Å²) >= 11 is 0. The van der Waals surface area contributed by atoms with E-state index < -0.39 is 11.6 Å². The third-order valence-corrected chi connectivity index (χ3v) is 2.56.